The van der Waals surface area contributed by atoms with Gasteiger partial charge < -0.3 is 15.0 Å². The van der Waals surface area contributed by atoms with Crippen LogP contribution < -0.4 is 10.1 Å². The van der Waals surface area contributed by atoms with Crippen molar-refractivity contribution >= 4 is 23.5 Å². The molecular formula is C9H14ClN5O2. The molecule has 0 radical (unpaired) electrons. The Hall–Kier alpha value is -1.63. The van der Waals surface area contributed by atoms with Crippen LogP contribution in [0.1, 0.15) is 6.42 Å². The number of hydrogen-bond acceptors (Lipinski definition) is 6. The summed E-state index contributed by atoms with van der Waals surface area (Å²) >= 11 is 5.66. The Kier molecular flexibility index (Phi) is 4.89. The molecule has 1 aromatic heterocycles. The summed E-state index contributed by atoms with van der Waals surface area (Å²) < 4.78 is 4.84. The molecule has 0 saturated carbocycles. The quantitative estimate of drug-likeness (QED) is 0.826. The second kappa shape index (κ2) is 6.19. The molecule has 17 heavy (non-hydrogen) atoms. The highest BCUT2D eigenvalue weighted by molar-refractivity contribution is 6.28. The number of hydrogen-bond donors (Lipinski definition) is 1. The minimum atomic E-state index is 0.0182. The van der Waals surface area contributed by atoms with E-state index in [1.165, 1.54) is 12.0 Å². The number of carbonyl (C=O) groups is 1. The zero-order valence-electron chi connectivity index (χ0n) is 9.90. The smallest absolute Gasteiger partial charge is 0.322 e. The lowest BCUT2D eigenvalue weighted by Crippen LogP contribution is -2.24. The Balaban J connectivity index is 2.52. The first-order valence-electron chi connectivity index (χ1n) is 4.92. The first kappa shape index (κ1) is 13.4. The highest BCUT2D eigenvalue weighted by atomic mass is 35.5. The second-order valence-corrected chi connectivity index (χ2v) is 3.72. The molecule has 0 atom stereocenters. The maximum atomic E-state index is 11.3. The molecule has 1 rings (SSSR count). The molecule has 0 spiro atoms. The fourth-order valence-electron chi connectivity index (χ4n) is 1.01. The van der Waals surface area contributed by atoms with Gasteiger partial charge in [-0.3, -0.25) is 4.79 Å². The Morgan fingerprint density at radius 2 is 2.12 bits per heavy atom. The summed E-state index contributed by atoms with van der Waals surface area (Å²) in [6.07, 6.45) is 0.346. The third-order valence-corrected chi connectivity index (χ3v) is 2.06. The van der Waals surface area contributed by atoms with E-state index in [0.717, 1.165) is 0 Å². The molecule has 0 aliphatic carbocycles. The number of ether oxygens (including phenoxy) is 1. The number of methoxy groups -OCH3 is 1. The molecule has 0 unspecified atom stereocenters. The van der Waals surface area contributed by atoms with Gasteiger partial charge in [-0.1, -0.05) is 0 Å². The zero-order valence-corrected chi connectivity index (χ0v) is 10.7. The minimum Gasteiger partial charge on any atom is -0.467 e. The van der Waals surface area contributed by atoms with E-state index in [1.807, 2.05) is 0 Å². The lowest BCUT2D eigenvalue weighted by molar-refractivity contribution is -0.128. The van der Waals surface area contributed by atoms with E-state index in [-0.39, 0.29) is 23.1 Å². The third kappa shape index (κ3) is 4.39. The summed E-state index contributed by atoms with van der Waals surface area (Å²) in [6.45, 7) is 0.417. The number of nitrogens with zero attached hydrogens (tertiary/aromatic N) is 4. The summed E-state index contributed by atoms with van der Waals surface area (Å²) in [4.78, 5) is 24.3. The van der Waals surface area contributed by atoms with Crippen LogP contribution >= 0.6 is 11.6 Å². The van der Waals surface area contributed by atoms with Crippen molar-refractivity contribution in [1.29, 1.82) is 0 Å². The lowest BCUT2D eigenvalue weighted by Gasteiger charge is -2.10. The van der Waals surface area contributed by atoms with Crippen molar-refractivity contribution in [3.63, 3.8) is 0 Å². The van der Waals surface area contributed by atoms with Gasteiger partial charge in [0.25, 0.3) is 0 Å². The monoisotopic (exact) mass is 259 g/mol. The second-order valence-electron chi connectivity index (χ2n) is 3.38. The van der Waals surface area contributed by atoms with Crippen LogP contribution in [-0.4, -0.2) is 53.5 Å². The number of amides is 1. The molecule has 1 heterocycles. The number of nitrogens with one attached hydrogen (secondary N) is 1. The Morgan fingerprint density at radius 1 is 1.41 bits per heavy atom. The number of carbonyl (C=O) groups excluding carboxylic acids is 1. The van der Waals surface area contributed by atoms with Crippen LogP contribution in [0.4, 0.5) is 5.95 Å². The van der Waals surface area contributed by atoms with E-state index >= 15 is 0 Å². The molecule has 1 N–H and O–H groups in total. The van der Waals surface area contributed by atoms with Gasteiger partial charge in [0, 0.05) is 27.1 Å². The summed E-state index contributed by atoms with van der Waals surface area (Å²) in [7, 11) is 4.83. The fourth-order valence-corrected chi connectivity index (χ4v) is 1.16. The van der Waals surface area contributed by atoms with Gasteiger partial charge in [0.2, 0.25) is 17.1 Å². The molecule has 1 amide bonds. The number of anilines is 1. The van der Waals surface area contributed by atoms with E-state index in [1.54, 1.807) is 14.1 Å². The highest BCUT2D eigenvalue weighted by Crippen LogP contribution is 2.10. The van der Waals surface area contributed by atoms with Gasteiger partial charge in [0.05, 0.1) is 7.11 Å². The van der Waals surface area contributed by atoms with E-state index in [0.29, 0.717) is 13.0 Å². The first-order valence-corrected chi connectivity index (χ1v) is 5.30. The third-order valence-electron chi connectivity index (χ3n) is 1.89. The Morgan fingerprint density at radius 3 is 2.71 bits per heavy atom. The van der Waals surface area contributed by atoms with Gasteiger partial charge in [0.15, 0.2) is 0 Å². The summed E-state index contributed by atoms with van der Waals surface area (Å²) in [6, 6.07) is 0.131. The average Bonchev–Trinajstić information content (AvgIpc) is 2.27. The van der Waals surface area contributed by atoms with Crippen LogP contribution in [0, 0.1) is 0 Å². The maximum absolute atomic E-state index is 11.3. The molecule has 0 bridgehead atoms. The number of halogens is 1. The van der Waals surface area contributed by atoms with Gasteiger partial charge in [-0.2, -0.15) is 15.0 Å². The molecule has 0 aliphatic rings. The van der Waals surface area contributed by atoms with Crippen LogP contribution in [0.3, 0.4) is 0 Å². The van der Waals surface area contributed by atoms with Gasteiger partial charge in [-0.15, -0.1) is 0 Å². The van der Waals surface area contributed by atoms with Gasteiger partial charge in [-0.25, -0.2) is 0 Å². The standard InChI is InChI=1S/C9H14ClN5O2/c1-15(2)6(16)4-5-11-8-12-7(10)13-9(14-8)17-3/h4-5H2,1-3H3,(H,11,12,13,14). The van der Waals surface area contributed by atoms with Crippen molar-refractivity contribution in [2.45, 2.75) is 6.42 Å². The summed E-state index contributed by atoms with van der Waals surface area (Å²) in [5, 5.41) is 2.91. The molecule has 0 aromatic carbocycles. The summed E-state index contributed by atoms with van der Waals surface area (Å²) in [5.74, 6) is 0.304. The fraction of sp³-hybridized carbons (Fsp3) is 0.556. The predicted octanol–water partition coefficient (Wildman–Crippen LogP) is 0.424. The predicted molar refractivity (Wildman–Crippen MR) is 63.2 cm³/mol. The maximum Gasteiger partial charge on any atom is 0.322 e. The van der Waals surface area contributed by atoms with Crippen LogP contribution in [0.25, 0.3) is 0 Å². The molecule has 0 aliphatic heterocycles. The van der Waals surface area contributed by atoms with Crippen LogP contribution in [0.5, 0.6) is 6.01 Å². The molecular weight excluding hydrogens is 246 g/mol. The van der Waals surface area contributed by atoms with Crippen LogP contribution in [-0.2, 0) is 4.79 Å². The van der Waals surface area contributed by atoms with Crippen molar-refractivity contribution in [2.24, 2.45) is 0 Å². The Labute approximate surface area is 104 Å². The van der Waals surface area contributed by atoms with E-state index in [2.05, 4.69) is 20.3 Å². The van der Waals surface area contributed by atoms with Gasteiger partial charge >= 0.3 is 6.01 Å². The van der Waals surface area contributed by atoms with Crippen molar-refractivity contribution in [3.05, 3.63) is 5.28 Å². The van der Waals surface area contributed by atoms with Gasteiger partial charge in [0.1, 0.15) is 0 Å². The Bertz CT molecular complexity index is 399. The van der Waals surface area contributed by atoms with E-state index in [4.69, 9.17) is 16.3 Å². The zero-order chi connectivity index (χ0) is 12.8. The van der Waals surface area contributed by atoms with Crippen molar-refractivity contribution in [1.82, 2.24) is 19.9 Å². The lowest BCUT2D eigenvalue weighted by atomic mass is 10.4. The van der Waals surface area contributed by atoms with Gasteiger partial charge in [-0.05, 0) is 11.6 Å². The van der Waals surface area contributed by atoms with Crippen molar-refractivity contribution < 1.29 is 9.53 Å². The summed E-state index contributed by atoms with van der Waals surface area (Å²) in [5.41, 5.74) is 0. The minimum absolute atomic E-state index is 0.0182. The van der Waals surface area contributed by atoms with E-state index < -0.39 is 0 Å². The number of rotatable bonds is 5. The van der Waals surface area contributed by atoms with Crippen LogP contribution in [0.15, 0.2) is 0 Å². The average molecular weight is 260 g/mol. The SMILES string of the molecule is COc1nc(Cl)nc(NCCC(=O)N(C)C)n1. The molecule has 0 fully saturated rings. The largest absolute Gasteiger partial charge is 0.467 e. The molecule has 7 nitrogen and oxygen atoms in total. The number of aromatic nitrogens is 3. The molecule has 94 valence electrons. The van der Waals surface area contributed by atoms with E-state index in [9.17, 15) is 4.79 Å². The topological polar surface area (TPSA) is 80.2 Å². The van der Waals surface area contributed by atoms with Crippen molar-refractivity contribution in [2.75, 3.05) is 33.1 Å². The first-order chi connectivity index (χ1) is 8.02. The molecule has 8 heteroatoms. The molecule has 1 aromatic rings. The normalized spacial score (nSPS) is 9.88. The molecule has 0 saturated heterocycles. The highest BCUT2D eigenvalue weighted by Gasteiger charge is 2.06. The van der Waals surface area contributed by atoms with Crippen molar-refractivity contribution in [3.8, 4) is 6.01 Å². The van der Waals surface area contributed by atoms with Crippen LogP contribution in [0.2, 0.25) is 5.28 Å².